The van der Waals surface area contributed by atoms with Gasteiger partial charge in [-0.3, -0.25) is 0 Å². The van der Waals surface area contributed by atoms with Crippen molar-refractivity contribution in [2.45, 2.75) is 59.4 Å². The Morgan fingerprint density at radius 2 is 1.77 bits per heavy atom. The van der Waals surface area contributed by atoms with E-state index in [1.165, 1.54) is 25.8 Å². The zero-order chi connectivity index (χ0) is 10.1. The van der Waals surface area contributed by atoms with Gasteiger partial charge < -0.3 is 5.32 Å². The van der Waals surface area contributed by atoms with Crippen LogP contribution in [-0.2, 0) is 0 Å². The molecule has 1 N–H and O–H groups in total. The first-order chi connectivity index (χ1) is 5.81. The summed E-state index contributed by atoms with van der Waals surface area (Å²) in [5, 5.41) is 3.62. The second-order valence-electron chi connectivity index (χ2n) is 6.20. The van der Waals surface area contributed by atoms with Crippen LogP contribution in [-0.4, -0.2) is 12.1 Å². The summed E-state index contributed by atoms with van der Waals surface area (Å²) in [7, 11) is 0. The van der Waals surface area contributed by atoms with Crippen molar-refractivity contribution in [3.8, 4) is 0 Å². The third-order valence-electron chi connectivity index (χ3n) is 3.44. The monoisotopic (exact) mass is 183 g/mol. The first kappa shape index (κ1) is 11.0. The average molecular weight is 183 g/mol. The number of nitrogens with one attached hydrogen (secondary N) is 1. The molecule has 13 heavy (non-hydrogen) atoms. The van der Waals surface area contributed by atoms with Crippen LogP contribution in [0.25, 0.3) is 0 Å². The molecule has 0 aromatic rings. The Morgan fingerprint density at radius 3 is 2.31 bits per heavy atom. The molecule has 1 aliphatic heterocycles. The molecule has 1 unspecified atom stereocenters. The van der Waals surface area contributed by atoms with Crippen LogP contribution in [0.3, 0.4) is 0 Å². The molecule has 0 amide bonds. The fourth-order valence-electron chi connectivity index (χ4n) is 2.22. The smallest absolute Gasteiger partial charge is 0.0125 e. The largest absolute Gasteiger partial charge is 0.312 e. The van der Waals surface area contributed by atoms with Gasteiger partial charge in [-0.05, 0) is 51.0 Å². The van der Waals surface area contributed by atoms with E-state index in [0.717, 1.165) is 5.92 Å². The molecular weight excluding hydrogens is 158 g/mol. The summed E-state index contributed by atoms with van der Waals surface area (Å²) in [5.74, 6) is 0.891. The van der Waals surface area contributed by atoms with Crippen molar-refractivity contribution in [3.05, 3.63) is 0 Å². The predicted molar refractivity (Wildman–Crippen MR) is 58.9 cm³/mol. The van der Waals surface area contributed by atoms with Gasteiger partial charge in [-0.1, -0.05) is 20.8 Å². The maximum atomic E-state index is 3.62. The third-order valence-corrected chi connectivity index (χ3v) is 3.44. The molecule has 78 valence electrons. The standard InChI is InChI=1S/C12H25N/c1-11(2,3)10-6-8-12(4,5)13-9-7-10/h10,13H,6-9H2,1-5H3. The van der Waals surface area contributed by atoms with E-state index in [9.17, 15) is 0 Å². The lowest BCUT2D eigenvalue weighted by Crippen LogP contribution is -2.37. The van der Waals surface area contributed by atoms with Gasteiger partial charge in [-0.15, -0.1) is 0 Å². The summed E-state index contributed by atoms with van der Waals surface area (Å²) in [6, 6.07) is 0. The summed E-state index contributed by atoms with van der Waals surface area (Å²) in [6.07, 6.45) is 4.03. The van der Waals surface area contributed by atoms with Gasteiger partial charge in [0.05, 0.1) is 0 Å². The van der Waals surface area contributed by atoms with E-state index in [-0.39, 0.29) is 0 Å². The minimum absolute atomic E-state index is 0.361. The first-order valence-corrected chi connectivity index (χ1v) is 5.56. The van der Waals surface area contributed by atoms with Crippen molar-refractivity contribution in [2.75, 3.05) is 6.54 Å². The second-order valence-corrected chi connectivity index (χ2v) is 6.20. The molecule has 0 aliphatic carbocycles. The van der Waals surface area contributed by atoms with E-state index < -0.39 is 0 Å². The van der Waals surface area contributed by atoms with Crippen LogP contribution in [0.15, 0.2) is 0 Å². The third kappa shape index (κ3) is 3.30. The molecule has 1 heterocycles. The predicted octanol–water partition coefficient (Wildman–Crippen LogP) is 3.20. The molecule has 0 aromatic heterocycles. The van der Waals surface area contributed by atoms with Gasteiger partial charge in [0.15, 0.2) is 0 Å². The lowest BCUT2D eigenvalue weighted by molar-refractivity contribution is 0.215. The van der Waals surface area contributed by atoms with Gasteiger partial charge in [-0.2, -0.15) is 0 Å². The average Bonchev–Trinajstić information content (AvgIpc) is 2.08. The van der Waals surface area contributed by atoms with Crippen LogP contribution in [0.4, 0.5) is 0 Å². The van der Waals surface area contributed by atoms with Crippen molar-refractivity contribution in [2.24, 2.45) is 11.3 Å². The van der Waals surface area contributed by atoms with Crippen LogP contribution in [0, 0.1) is 11.3 Å². The van der Waals surface area contributed by atoms with E-state index >= 15 is 0 Å². The first-order valence-electron chi connectivity index (χ1n) is 5.56. The van der Waals surface area contributed by atoms with Crippen molar-refractivity contribution in [1.82, 2.24) is 5.32 Å². The highest BCUT2D eigenvalue weighted by Crippen LogP contribution is 2.35. The minimum Gasteiger partial charge on any atom is -0.312 e. The maximum absolute atomic E-state index is 3.62. The number of hydrogen-bond donors (Lipinski definition) is 1. The lowest BCUT2D eigenvalue weighted by atomic mass is 9.76. The Kier molecular flexibility index (Phi) is 3.06. The fourth-order valence-corrected chi connectivity index (χ4v) is 2.22. The second kappa shape index (κ2) is 3.61. The summed E-state index contributed by atoms with van der Waals surface area (Å²) in [4.78, 5) is 0. The van der Waals surface area contributed by atoms with E-state index in [2.05, 4.69) is 39.9 Å². The lowest BCUT2D eigenvalue weighted by Gasteiger charge is -2.30. The van der Waals surface area contributed by atoms with Crippen LogP contribution in [0.5, 0.6) is 0 Å². The normalized spacial score (nSPS) is 29.8. The van der Waals surface area contributed by atoms with Crippen molar-refractivity contribution < 1.29 is 0 Å². The van der Waals surface area contributed by atoms with Crippen molar-refractivity contribution in [3.63, 3.8) is 0 Å². The Bertz CT molecular complexity index is 164. The molecule has 1 saturated heterocycles. The maximum Gasteiger partial charge on any atom is 0.0125 e. The highest BCUT2D eigenvalue weighted by molar-refractivity contribution is 4.86. The van der Waals surface area contributed by atoms with Gasteiger partial charge in [0.2, 0.25) is 0 Å². The Hall–Kier alpha value is -0.0400. The van der Waals surface area contributed by atoms with E-state index in [1.807, 2.05) is 0 Å². The van der Waals surface area contributed by atoms with E-state index in [0.29, 0.717) is 11.0 Å². The number of rotatable bonds is 0. The summed E-state index contributed by atoms with van der Waals surface area (Å²) < 4.78 is 0. The summed E-state index contributed by atoms with van der Waals surface area (Å²) in [6.45, 7) is 12.9. The highest BCUT2D eigenvalue weighted by Gasteiger charge is 2.30. The number of hydrogen-bond acceptors (Lipinski definition) is 1. The van der Waals surface area contributed by atoms with Gasteiger partial charge in [0.25, 0.3) is 0 Å². The van der Waals surface area contributed by atoms with Crippen LogP contribution in [0.2, 0.25) is 0 Å². The molecular formula is C12H25N. The molecule has 1 heteroatoms. The Labute approximate surface area is 83.3 Å². The topological polar surface area (TPSA) is 12.0 Å². The summed E-state index contributed by atoms with van der Waals surface area (Å²) >= 11 is 0. The quantitative estimate of drug-likeness (QED) is 0.608. The zero-order valence-electron chi connectivity index (χ0n) is 9.91. The van der Waals surface area contributed by atoms with Gasteiger partial charge >= 0.3 is 0 Å². The Morgan fingerprint density at radius 1 is 1.15 bits per heavy atom. The fraction of sp³-hybridized carbons (Fsp3) is 1.00. The molecule has 1 nitrogen and oxygen atoms in total. The molecule has 1 rings (SSSR count). The highest BCUT2D eigenvalue weighted by atomic mass is 15.0. The zero-order valence-corrected chi connectivity index (χ0v) is 9.91. The van der Waals surface area contributed by atoms with Crippen LogP contribution < -0.4 is 5.32 Å². The molecule has 1 fully saturated rings. The molecule has 0 bridgehead atoms. The van der Waals surface area contributed by atoms with Gasteiger partial charge in [0.1, 0.15) is 0 Å². The van der Waals surface area contributed by atoms with Gasteiger partial charge in [-0.25, -0.2) is 0 Å². The van der Waals surface area contributed by atoms with Crippen molar-refractivity contribution >= 4 is 0 Å². The molecule has 0 saturated carbocycles. The van der Waals surface area contributed by atoms with E-state index in [4.69, 9.17) is 0 Å². The summed E-state index contributed by atoms with van der Waals surface area (Å²) in [5.41, 5.74) is 0.849. The van der Waals surface area contributed by atoms with E-state index in [1.54, 1.807) is 0 Å². The minimum atomic E-state index is 0.361. The van der Waals surface area contributed by atoms with Crippen molar-refractivity contribution in [1.29, 1.82) is 0 Å². The molecule has 0 aromatic carbocycles. The van der Waals surface area contributed by atoms with Crippen LogP contribution in [0.1, 0.15) is 53.9 Å². The molecule has 0 radical (unpaired) electrons. The SMILES string of the molecule is CC1(C)CCC(C(C)(C)C)CCN1. The van der Waals surface area contributed by atoms with Crippen LogP contribution >= 0.6 is 0 Å². The molecule has 1 aliphatic rings. The molecule has 0 spiro atoms. The van der Waals surface area contributed by atoms with Gasteiger partial charge in [0, 0.05) is 5.54 Å². The molecule has 1 atom stereocenters. The Balaban J connectivity index is 2.55.